The minimum Gasteiger partial charge on any atom is -0.325 e. The molecule has 0 aliphatic carbocycles. The molecule has 0 spiro atoms. The van der Waals surface area contributed by atoms with Gasteiger partial charge in [0.25, 0.3) is 0 Å². The van der Waals surface area contributed by atoms with Crippen molar-refractivity contribution < 1.29 is 9.18 Å². The Labute approximate surface area is 110 Å². The molecule has 0 fully saturated rings. The molecule has 1 heterocycles. The Kier molecular flexibility index (Phi) is 4.58. The van der Waals surface area contributed by atoms with Crippen molar-refractivity contribution >= 4 is 11.6 Å². The predicted molar refractivity (Wildman–Crippen MR) is 71.0 cm³/mol. The number of benzene rings is 1. The number of nitrogens with zero attached hydrogens (tertiary/aromatic N) is 1. The van der Waals surface area contributed by atoms with E-state index in [4.69, 9.17) is 0 Å². The minimum absolute atomic E-state index is 0.171. The van der Waals surface area contributed by atoms with Gasteiger partial charge in [-0.3, -0.25) is 9.78 Å². The van der Waals surface area contributed by atoms with Crippen LogP contribution >= 0.6 is 0 Å². The number of hydrogen-bond donors (Lipinski definition) is 2. The number of rotatable bonds is 5. The van der Waals surface area contributed by atoms with E-state index < -0.39 is 0 Å². The first kappa shape index (κ1) is 13.2. The Balaban J connectivity index is 1.74. The molecule has 98 valence electrons. The summed E-state index contributed by atoms with van der Waals surface area (Å²) < 4.78 is 12.7. The largest absolute Gasteiger partial charge is 0.325 e. The maximum Gasteiger partial charge on any atom is 0.238 e. The smallest absolute Gasteiger partial charge is 0.238 e. The van der Waals surface area contributed by atoms with Crippen LogP contribution in [0.4, 0.5) is 10.1 Å². The average molecular weight is 259 g/mol. The molecule has 19 heavy (non-hydrogen) atoms. The molecule has 2 N–H and O–H groups in total. The van der Waals surface area contributed by atoms with Crippen LogP contribution in [0, 0.1) is 5.82 Å². The quantitative estimate of drug-likeness (QED) is 0.863. The second kappa shape index (κ2) is 6.61. The summed E-state index contributed by atoms with van der Waals surface area (Å²) in [4.78, 5) is 15.6. The molecular formula is C14H14FN3O. The summed E-state index contributed by atoms with van der Waals surface area (Å²) in [5.41, 5.74) is 1.59. The van der Waals surface area contributed by atoms with Gasteiger partial charge in [0, 0.05) is 24.6 Å². The Morgan fingerprint density at radius 3 is 2.68 bits per heavy atom. The van der Waals surface area contributed by atoms with Crippen LogP contribution < -0.4 is 10.6 Å². The number of nitrogens with one attached hydrogen (secondary N) is 2. The average Bonchev–Trinajstić information content (AvgIpc) is 2.43. The molecule has 1 aromatic carbocycles. The van der Waals surface area contributed by atoms with Gasteiger partial charge < -0.3 is 10.6 Å². The van der Waals surface area contributed by atoms with Gasteiger partial charge in [0.05, 0.1) is 6.54 Å². The van der Waals surface area contributed by atoms with E-state index in [0.29, 0.717) is 12.2 Å². The molecule has 0 aliphatic heterocycles. The van der Waals surface area contributed by atoms with Crippen molar-refractivity contribution in [2.45, 2.75) is 6.54 Å². The van der Waals surface area contributed by atoms with Gasteiger partial charge in [-0.25, -0.2) is 4.39 Å². The van der Waals surface area contributed by atoms with E-state index in [1.807, 2.05) is 12.1 Å². The van der Waals surface area contributed by atoms with Crippen molar-refractivity contribution in [1.29, 1.82) is 0 Å². The Hall–Kier alpha value is -2.27. The lowest BCUT2D eigenvalue weighted by Crippen LogP contribution is -2.27. The third kappa shape index (κ3) is 4.48. The molecule has 4 nitrogen and oxygen atoms in total. The fourth-order valence-corrected chi connectivity index (χ4v) is 1.56. The topological polar surface area (TPSA) is 54.0 Å². The van der Waals surface area contributed by atoms with Crippen LogP contribution in [-0.2, 0) is 11.3 Å². The molecule has 0 atom stereocenters. The Bertz CT molecular complexity index is 528. The van der Waals surface area contributed by atoms with Crippen molar-refractivity contribution in [1.82, 2.24) is 10.3 Å². The molecule has 1 amide bonds. The Morgan fingerprint density at radius 2 is 2.00 bits per heavy atom. The molecule has 0 unspecified atom stereocenters. The highest BCUT2D eigenvalue weighted by Gasteiger charge is 2.02. The second-order valence-electron chi connectivity index (χ2n) is 4.02. The number of aromatic nitrogens is 1. The highest BCUT2D eigenvalue weighted by atomic mass is 19.1. The monoisotopic (exact) mass is 259 g/mol. The molecule has 0 saturated carbocycles. The van der Waals surface area contributed by atoms with E-state index in [0.717, 1.165) is 5.56 Å². The molecule has 0 bridgehead atoms. The first-order chi connectivity index (χ1) is 9.24. The van der Waals surface area contributed by atoms with Gasteiger partial charge in [-0.2, -0.15) is 0 Å². The first-order valence-corrected chi connectivity index (χ1v) is 5.89. The van der Waals surface area contributed by atoms with Gasteiger partial charge in [0.1, 0.15) is 5.82 Å². The third-order valence-electron chi connectivity index (χ3n) is 2.47. The maximum absolute atomic E-state index is 12.7. The van der Waals surface area contributed by atoms with Crippen molar-refractivity contribution in [3.05, 3.63) is 60.2 Å². The van der Waals surface area contributed by atoms with Crippen LogP contribution in [0.5, 0.6) is 0 Å². The lowest BCUT2D eigenvalue weighted by Gasteiger charge is -2.06. The van der Waals surface area contributed by atoms with Gasteiger partial charge in [-0.1, -0.05) is 6.07 Å². The zero-order valence-corrected chi connectivity index (χ0v) is 10.3. The molecular weight excluding hydrogens is 245 g/mol. The van der Waals surface area contributed by atoms with Crippen molar-refractivity contribution in [3.8, 4) is 0 Å². The number of pyridine rings is 1. The van der Waals surface area contributed by atoms with E-state index in [9.17, 15) is 9.18 Å². The van der Waals surface area contributed by atoms with E-state index >= 15 is 0 Å². The summed E-state index contributed by atoms with van der Waals surface area (Å²) in [6.45, 7) is 0.761. The van der Waals surface area contributed by atoms with Crippen LogP contribution in [0.2, 0.25) is 0 Å². The van der Waals surface area contributed by atoms with Crippen molar-refractivity contribution in [2.24, 2.45) is 0 Å². The fraction of sp³-hybridized carbons (Fsp3) is 0.143. The van der Waals surface area contributed by atoms with Crippen LogP contribution in [0.25, 0.3) is 0 Å². The molecule has 0 radical (unpaired) electrons. The highest BCUT2D eigenvalue weighted by molar-refractivity contribution is 5.92. The first-order valence-electron chi connectivity index (χ1n) is 5.89. The zero-order valence-electron chi connectivity index (χ0n) is 10.3. The van der Waals surface area contributed by atoms with Crippen LogP contribution in [-0.4, -0.2) is 17.4 Å². The van der Waals surface area contributed by atoms with Crippen molar-refractivity contribution in [2.75, 3.05) is 11.9 Å². The lowest BCUT2D eigenvalue weighted by atomic mass is 10.3. The number of anilines is 1. The Morgan fingerprint density at radius 1 is 1.21 bits per heavy atom. The summed E-state index contributed by atoms with van der Waals surface area (Å²) in [6.07, 6.45) is 3.44. The normalized spacial score (nSPS) is 10.2. The van der Waals surface area contributed by atoms with E-state index in [1.165, 1.54) is 24.3 Å². The number of hydrogen-bond acceptors (Lipinski definition) is 3. The SMILES string of the molecule is O=C(CNCc1cccnc1)Nc1ccc(F)cc1. The minimum atomic E-state index is -0.326. The number of carbonyl (C=O) groups is 1. The van der Waals surface area contributed by atoms with E-state index in [-0.39, 0.29) is 18.3 Å². The van der Waals surface area contributed by atoms with Crippen LogP contribution in [0.15, 0.2) is 48.8 Å². The van der Waals surface area contributed by atoms with E-state index in [1.54, 1.807) is 12.4 Å². The van der Waals surface area contributed by atoms with Gasteiger partial charge in [0.15, 0.2) is 0 Å². The summed E-state index contributed by atoms with van der Waals surface area (Å²) >= 11 is 0. The summed E-state index contributed by atoms with van der Waals surface area (Å²) in [7, 11) is 0. The second-order valence-corrected chi connectivity index (χ2v) is 4.02. The molecule has 0 aliphatic rings. The predicted octanol–water partition coefficient (Wildman–Crippen LogP) is 1.95. The standard InChI is InChI=1S/C14H14FN3O/c15-12-3-5-13(6-4-12)18-14(19)10-17-9-11-2-1-7-16-8-11/h1-8,17H,9-10H2,(H,18,19). The summed E-state index contributed by atoms with van der Waals surface area (Å²) in [6, 6.07) is 9.42. The number of amides is 1. The fourth-order valence-electron chi connectivity index (χ4n) is 1.56. The van der Waals surface area contributed by atoms with Crippen molar-refractivity contribution in [3.63, 3.8) is 0 Å². The molecule has 1 aromatic heterocycles. The molecule has 2 rings (SSSR count). The number of carbonyl (C=O) groups excluding carboxylic acids is 1. The zero-order chi connectivity index (χ0) is 13.5. The molecule has 5 heteroatoms. The van der Waals surface area contributed by atoms with E-state index in [2.05, 4.69) is 15.6 Å². The molecule has 2 aromatic rings. The van der Waals surface area contributed by atoms with Gasteiger partial charge >= 0.3 is 0 Å². The molecule has 0 saturated heterocycles. The van der Waals surface area contributed by atoms with Crippen LogP contribution in [0.1, 0.15) is 5.56 Å². The van der Waals surface area contributed by atoms with Gasteiger partial charge in [-0.15, -0.1) is 0 Å². The highest BCUT2D eigenvalue weighted by Crippen LogP contribution is 2.07. The maximum atomic E-state index is 12.7. The van der Waals surface area contributed by atoms with Crippen LogP contribution in [0.3, 0.4) is 0 Å². The lowest BCUT2D eigenvalue weighted by molar-refractivity contribution is -0.115. The number of halogens is 1. The van der Waals surface area contributed by atoms with Gasteiger partial charge in [-0.05, 0) is 35.9 Å². The summed E-state index contributed by atoms with van der Waals surface area (Å²) in [5, 5.41) is 5.68. The third-order valence-corrected chi connectivity index (χ3v) is 2.47. The summed E-state index contributed by atoms with van der Waals surface area (Å²) in [5.74, 6) is -0.497. The van der Waals surface area contributed by atoms with Gasteiger partial charge in [0.2, 0.25) is 5.91 Å².